The molecule has 2 amide bonds. The molecule has 0 aliphatic rings. The lowest BCUT2D eigenvalue weighted by atomic mass is 10.1. The predicted octanol–water partition coefficient (Wildman–Crippen LogP) is 2.40. The number of methoxy groups -OCH3 is 2. The Labute approximate surface area is 158 Å². The molecule has 0 unspecified atom stereocenters. The van der Waals surface area contributed by atoms with Crippen LogP contribution in [0.15, 0.2) is 42.5 Å². The Morgan fingerprint density at radius 2 is 1.67 bits per heavy atom. The van der Waals surface area contributed by atoms with Crippen LogP contribution in [0.4, 0.5) is 5.69 Å². The standard InChI is InChI=1S/C20H24N2O5/c1-14(23)22-16-5-7-17(8-6-16)27-13-20(24)21-11-10-15-4-9-18(25-2)19(12-15)26-3/h4-9,12H,10-11,13H2,1-3H3,(H,21,24)(H,22,23). The summed E-state index contributed by atoms with van der Waals surface area (Å²) in [6.07, 6.45) is 0.664. The van der Waals surface area contributed by atoms with Gasteiger partial charge in [0.25, 0.3) is 5.91 Å². The number of rotatable bonds is 9. The van der Waals surface area contributed by atoms with Crippen LogP contribution in [-0.4, -0.2) is 39.2 Å². The van der Waals surface area contributed by atoms with E-state index in [2.05, 4.69) is 10.6 Å². The van der Waals surface area contributed by atoms with E-state index in [0.29, 0.717) is 35.9 Å². The summed E-state index contributed by atoms with van der Waals surface area (Å²) in [5.74, 6) is 1.54. The highest BCUT2D eigenvalue weighted by Crippen LogP contribution is 2.27. The zero-order valence-corrected chi connectivity index (χ0v) is 15.7. The number of carbonyl (C=O) groups is 2. The van der Waals surface area contributed by atoms with Gasteiger partial charge in [0.1, 0.15) is 5.75 Å². The fraction of sp³-hybridized carbons (Fsp3) is 0.300. The van der Waals surface area contributed by atoms with E-state index >= 15 is 0 Å². The van der Waals surface area contributed by atoms with Crippen LogP contribution in [0.25, 0.3) is 0 Å². The van der Waals surface area contributed by atoms with Crippen molar-refractivity contribution >= 4 is 17.5 Å². The Hall–Kier alpha value is -3.22. The van der Waals surface area contributed by atoms with Crippen LogP contribution >= 0.6 is 0 Å². The summed E-state index contributed by atoms with van der Waals surface area (Å²) >= 11 is 0. The molecule has 2 rings (SSSR count). The fourth-order valence-corrected chi connectivity index (χ4v) is 2.42. The molecule has 0 atom stereocenters. The highest BCUT2D eigenvalue weighted by molar-refractivity contribution is 5.88. The van der Waals surface area contributed by atoms with E-state index < -0.39 is 0 Å². The van der Waals surface area contributed by atoms with E-state index in [-0.39, 0.29) is 18.4 Å². The fourth-order valence-electron chi connectivity index (χ4n) is 2.42. The van der Waals surface area contributed by atoms with Crippen LogP contribution in [0, 0.1) is 0 Å². The zero-order valence-electron chi connectivity index (χ0n) is 15.7. The molecule has 0 spiro atoms. The van der Waals surface area contributed by atoms with Crippen molar-refractivity contribution in [3.63, 3.8) is 0 Å². The van der Waals surface area contributed by atoms with E-state index in [4.69, 9.17) is 14.2 Å². The molecule has 0 aromatic heterocycles. The van der Waals surface area contributed by atoms with Crippen LogP contribution < -0.4 is 24.8 Å². The Balaban J connectivity index is 1.74. The van der Waals surface area contributed by atoms with E-state index in [0.717, 1.165) is 5.56 Å². The number of anilines is 1. The first kappa shape index (κ1) is 20.1. The van der Waals surface area contributed by atoms with Gasteiger partial charge in [0, 0.05) is 19.2 Å². The van der Waals surface area contributed by atoms with Crippen LogP contribution in [0.3, 0.4) is 0 Å². The average molecular weight is 372 g/mol. The predicted molar refractivity (Wildman–Crippen MR) is 103 cm³/mol. The van der Waals surface area contributed by atoms with Gasteiger partial charge in [-0.15, -0.1) is 0 Å². The molecule has 2 aromatic carbocycles. The van der Waals surface area contributed by atoms with Crippen LogP contribution in [0.2, 0.25) is 0 Å². The van der Waals surface area contributed by atoms with E-state index in [9.17, 15) is 9.59 Å². The monoisotopic (exact) mass is 372 g/mol. The second-order valence-electron chi connectivity index (χ2n) is 5.78. The number of nitrogens with one attached hydrogen (secondary N) is 2. The molecule has 0 bridgehead atoms. The smallest absolute Gasteiger partial charge is 0.257 e. The molecule has 27 heavy (non-hydrogen) atoms. The molecule has 2 N–H and O–H groups in total. The lowest BCUT2D eigenvalue weighted by Gasteiger charge is -2.10. The summed E-state index contributed by atoms with van der Waals surface area (Å²) in [6, 6.07) is 12.5. The van der Waals surface area contributed by atoms with Crippen molar-refractivity contribution in [2.24, 2.45) is 0 Å². The number of amides is 2. The first-order valence-electron chi connectivity index (χ1n) is 8.50. The Kier molecular flexibility index (Phi) is 7.49. The van der Waals surface area contributed by atoms with Gasteiger partial charge in [-0.2, -0.15) is 0 Å². The third-order valence-corrected chi connectivity index (χ3v) is 3.73. The van der Waals surface area contributed by atoms with Crippen molar-refractivity contribution in [2.75, 3.05) is 32.7 Å². The Morgan fingerprint density at radius 1 is 0.963 bits per heavy atom. The molecule has 0 radical (unpaired) electrons. The summed E-state index contributed by atoms with van der Waals surface area (Å²) < 4.78 is 15.9. The number of hydrogen-bond donors (Lipinski definition) is 2. The minimum atomic E-state index is -0.207. The van der Waals surface area contributed by atoms with Crippen molar-refractivity contribution < 1.29 is 23.8 Å². The first-order chi connectivity index (χ1) is 13.0. The number of hydrogen-bond acceptors (Lipinski definition) is 5. The number of ether oxygens (including phenoxy) is 3. The summed E-state index contributed by atoms with van der Waals surface area (Å²) in [5.41, 5.74) is 1.71. The second-order valence-corrected chi connectivity index (χ2v) is 5.78. The van der Waals surface area contributed by atoms with Gasteiger partial charge < -0.3 is 24.8 Å². The maximum absolute atomic E-state index is 11.9. The minimum absolute atomic E-state index is 0.0780. The third kappa shape index (κ3) is 6.54. The quantitative estimate of drug-likeness (QED) is 0.706. The Morgan fingerprint density at radius 3 is 2.30 bits per heavy atom. The molecule has 7 heteroatoms. The third-order valence-electron chi connectivity index (χ3n) is 3.73. The molecule has 0 heterocycles. The van der Waals surface area contributed by atoms with Crippen molar-refractivity contribution in [1.82, 2.24) is 5.32 Å². The van der Waals surface area contributed by atoms with Crippen LogP contribution in [0.1, 0.15) is 12.5 Å². The zero-order chi connectivity index (χ0) is 19.6. The highest BCUT2D eigenvalue weighted by atomic mass is 16.5. The summed E-state index contributed by atoms with van der Waals surface area (Å²) in [6.45, 7) is 1.85. The van der Waals surface area contributed by atoms with Gasteiger partial charge in [-0.3, -0.25) is 9.59 Å². The molecule has 2 aromatic rings. The average Bonchev–Trinajstić information content (AvgIpc) is 2.67. The molecule has 0 fully saturated rings. The van der Waals surface area contributed by atoms with Crippen LogP contribution in [-0.2, 0) is 16.0 Å². The van der Waals surface area contributed by atoms with Crippen molar-refractivity contribution in [3.05, 3.63) is 48.0 Å². The molecular formula is C20H24N2O5. The summed E-state index contributed by atoms with van der Waals surface area (Å²) in [4.78, 5) is 22.9. The van der Waals surface area contributed by atoms with Gasteiger partial charge in [-0.1, -0.05) is 6.07 Å². The second kappa shape index (κ2) is 10.1. The largest absolute Gasteiger partial charge is 0.493 e. The molecular weight excluding hydrogens is 348 g/mol. The summed E-state index contributed by atoms with van der Waals surface area (Å²) in [5, 5.41) is 5.48. The first-order valence-corrected chi connectivity index (χ1v) is 8.50. The maximum Gasteiger partial charge on any atom is 0.257 e. The van der Waals surface area contributed by atoms with Gasteiger partial charge in [-0.25, -0.2) is 0 Å². The van der Waals surface area contributed by atoms with Crippen molar-refractivity contribution in [3.8, 4) is 17.2 Å². The molecule has 0 saturated carbocycles. The topological polar surface area (TPSA) is 85.9 Å². The molecule has 0 saturated heterocycles. The maximum atomic E-state index is 11.9. The van der Waals surface area contributed by atoms with E-state index in [1.165, 1.54) is 6.92 Å². The van der Waals surface area contributed by atoms with Gasteiger partial charge >= 0.3 is 0 Å². The van der Waals surface area contributed by atoms with Crippen molar-refractivity contribution in [2.45, 2.75) is 13.3 Å². The molecule has 7 nitrogen and oxygen atoms in total. The Bertz CT molecular complexity index is 774. The molecule has 0 aliphatic heterocycles. The number of benzene rings is 2. The van der Waals surface area contributed by atoms with Gasteiger partial charge in [0.05, 0.1) is 14.2 Å². The minimum Gasteiger partial charge on any atom is -0.493 e. The van der Waals surface area contributed by atoms with Crippen LogP contribution in [0.5, 0.6) is 17.2 Å². The van der Waals surface area contributed by atoms with Gasteiger partial charge in [0.2, 0.25) is 5.91 Å². The van der Waals surface area contributed by atoms with Gasteiger partial charge in [0.15, 0.2) is 18.1 Å². The molecule has 144 valence electrons. The van der Waals surface area contributed by atoms with E-state index in [1.54, 1.807) is 38.5 Å². The summed E-state index contributed by atoms with van der Waals surface area (Å²) in [7, 11) is 3.18. The SMILES string of the molecule is COc1ccc(CCNC(=O)COc2ccc(NC(C)=O)cc2)cc1OC. The van der Waals surface area contributed by atoms with E-state index in [1.807, 2.05) is 18.2 Å². The lowest BCUT2D eigenvalue weighted by Crippen LogP contribution is -2.30. The normalized spacial score (nSPS) is 10.0. The van der Waals surface area contributed by atoms with Gasteiger partial charge in [-0.05, 0) is 48.4 Å². The highest BCUT2D eigenvalue weighted by Gasteiger charge is 2.06. The molecule has 0 aliphatic carbocycles. The number of carbonyl (C=O) groups excluding carboxylic acids is 2. The van der Waals surface area contributed by atoms with Crippen molar-refractivity contribution in [1.29, 1.82) is 0 Å². The lowest BCUT2D eigenvalue weighted by molar-refractivity contribution is -0.123.